The van der Waals surface area contributed by atoms with Crippen LogP contribution in [0.3, 0.4) is 0 Å². The Balaban J connectivity index is 1.39. The average Bonchev–Trinajstić information content (AvgIpc) is 3.09. The lowest BCUT2D eigenvalue weighted by Crippen LogP contribution is -2.35. The van der Waals surface area contributed by atoms with Crippen molar-refractivity contribution in [2.24, 2.45) is 5.92 Å². The van der Waals surface area contributed by atoms with E-state index in [-0.39, 0.29) is 0 Å². The van der Waals surface area contributed by atoms with Crippen molar-refractivity contribution in [3.05, 3.63) is 59.8 Å². The van der Waals surface area contributed by atoms with Gasteiger partial charge in [-0.3, -0.25) is 10.00 Å². The molecule has 3 aromatic rings. The lowest BCUT2D eigenvalue weighted by Gasteiger charge is -2.33. The fraction of sp³-hybridized carbons (Fsp3) is 0.381. The molecule has 1 saturated heterocycles. The van der Waals surface area contributed by atoms with Crippen molar-refractivity contribution in [1.82, 2.24) is 15.1 Å². The first-order chi connectivity index (χ1) is 13.0. The summed E-state index contributed by atoms with van der Waals surface area (Å²) in [7, 11) is -3.13. The highest BCUT2D eigenvalue weighted by molar-refractivity contribution is 7.90. The zero-order valence-corrected chi connectivity index (χ0v) is 16.4. The second-order valence-electron chi connectivity index (χ2n) is 7.66. The van der Waals surface area contributed by atoms with E-state index in [4.69, 9.17) is 0 Å². The van der Waals surface area contributed by atoms with Crippen LogP contribution in [0, 0.1) is 5.92 Å². The van der Waals surface area contributed by atoms with Gasteiger partial charge in [-0.1, -0.05) is 18.2 Å². The summed E-state index contributed by atoms with van der Waals surface area (Å²) >= 11 is 0. The van der Waals surface area contributed by atoms with Gasteiger partial charge in [-0.15, -0.1) is 0 Å². The van der Waals surface area contributed by atoms with Crippen LogP contribution < -0.4 is 0 Å². The molecule has 1 atom stereocenters. The molecule has 2 heterocycles. The Labute approximate surface area is 160 Å². The van der Waals surface area contributed by atoms with Crippen LogP contribution >= 0.6 is 0 Å². The summed E-state index contributed by atoms with van der Waals surface area (Å²) in [6, 6.07) is 13.9. The van der Waals surface area contributed by atoms with Crippen molar-refractivity contribution in [2.45, 2.75) is 30.7 Å². The van der Waals surface area contributed by atoms with Crippen LogP contribution in [0.1, 0.15) is 24.0 Å². The number of nitrogens with one attached hydrogen (secondary N) is 1. The zero-order chi connectivity index (χ0) is 18.9. The third-order valence-electron chi connectivity index (χ3n) is 5.39. The Hall–Kier alpha value is -2.18. The van der Waals surface area contributed by atoms with E-state index in [1.807, 2.05) is 18.3 Å². The Morgan fingerprint density at radius 2 is 1.93 bits per heavy atom. The normalized spacial score (nSPS) is 18.8. The van der Waals surface area contributed by atoms with E-state index < -0.39 is 9.84 Å². The molecule has 27 heavy (non-hydrogen) atoms. The number of nitrogens with zero attached hydrogens (tertiary/aromatic N) is 2. The molecule has 4 rings (SSSR count). The number of fused-ring (bicyclic) bond motifs is 1. The molecule has 1 aromatic heterocycles. The molecule has 1 N–H and O–H groups in total. The molecule has 2 aromatic carbocycles. The van der Waals surface area contributed by atoms with Crippen LogP contribution in [0.4, 0.5) is 0 Å². The topological polar surface area (TPSA) is 66.1 Å². The van der Waals surface area contributed by atoms with Crippen molar-refractivity contribution in [3.8, 4) is 0 Å². The van der Waals surface area contributed by atoms with Crippen molar-refractivity contribution < 1.29 is 8.42 Å². The molecule has 1 fully saturated rings. The molecule has 1 aliphatic heterocycles. The average molecular weight is 384 g/mol. The summed E-state index contributed by atoms with van der Waals surface area (Å²) in [4.78, 5) is 2.87. The lowest BCUT2D eigenvalue weighted by molar-refractivity contribution is 0.167. The Kier molecular flexibility index (Phi) is 5.02. The van der Waals surface area contributed by atoms with Crippen LogP contribution in [0.15, 0.2) is 53.6 Å². The highest BCUT2D eigenvalue weighted by Crippen LogP contribution is 2.24. The minimum Gasteiger partial charge on any atom is -0.299 e. The van der Waals surface area contributed by atoms with Crippen LogP contribution in [-0.4, -0.2) is 42.9 Å². The predicted molar refractivity (Wildman–Crippen MR) is 107 cm³/mol. The number of benzene rings is 2. The lowest BCUT2D eigenvalue weighted by atomic mass is 9.90. The number of piperidine rings is 1. The molecule has 0 radical (unpaired) electrons. The van der Waals surface area contributed by atoms with E-state index in [0.29, 0.717) is 10.8 Å². The van der Waals surface area contributed by atoms with E-state index in [1.54, 1.807) is 12.1 Å². The fourth-order valence-corrected chi connectivity index (χ4v) is 4.64. The third kappa shape index (κ3) is 4.39. The van der Waals surface area contributed by atoms with Crippen LogP contribution in [0.5, 0.6) is 0 Å². The summed E-state index contributed by atoms with van der Waals surface area (Å²) in [5.41, 5.74) is 3.62. The van der Waals surface area contributed by atoms with Crippen LogP contribution in [0.2, 0.25) is 0 Å². The highest BCUT2D eigenvalue weighted by atomic mass is 32.2. The van der Waals surface area contributed by atoms with Crippen molar-refractivity contribution in [1.29, 1.82) is 0 Å². The minimum absolute atomic E-state index is 0.386. The van der Waals surface area contributed by atoms with Gasteiger partial charge in [0.05, 0.1) is 16.6 Å². The van der Waals surface area contributed by atoms with E-state index >= 15 is 0 Å². The molecule has 1 aliphatic rings. The van der Waals surface area contributed by atoms with Gasteiger partial charge in [-0.05, 0) is 67.1 Å². The molecule has 5 nitrogen and oxygen atoms in total. The number of aromatic nitrogens is 2. The predicted octanol–water partition coefficient (Wildman–Crippen LogP) is 3.42. The minimum atomic E-state index is -3.13. The molecule has 0 spiro atoms. The maximum Gasteiger partial charge on any atom is 0.175 e. The van der Waals surface area contributed by atoms with Gasteiger partial charge in [0.25, 0.3) is 0 Å². The fourth-order valence-electron chi connectivity index (χ4n) is 4.01. The standard InChI is InChI=1S/C21H25N3O2S/c1-27(25,26)20-7-4-16(5-8-20)14-24-10-2-3-18(15-24)11-17-6-9-21-19(12-17)13-22-23-21/h4-9,12-13,18H,2-3,10-11,14-15H2,1H3,(H,22,23)/t18-/m1/s1. The number of H-pyrrole nitrogens is 1. The molecule has 6 heteroatoms. The summed E-state index contributed by atoms with van der Waals surface area (Å²) < 4.78 is 23.2. The second-order valence-corrected chi connectivity index (χ2v) is 9.67. The zero-order valence-electron chi connectivity index (χ0n) is 15.6. The number of likely N-dealkylation sites (tertiary alicyclic amines) is 1. The maximum absolute atomic E-state index is 11.6. The molecule has 142 valence electrons. The van der Waals surface area contributed by atoms with Crippen molar-refractivity contribution >= 4 is 20.7 Å². The van der Waals surface area contributed by atoms with Gasteiger partial charge < -0.3 is 0 Å². The van der Waals surface area contributed by atoms with Crippen LogP contribution in [-0.2, 0) is 22.8 Å². The van der Waals surface area contributed by atoms with E-state index in [1.165, 1.54) is 35.6 Å². The van der Waals surface area contributed by atoms with Gasteiger partial charge in [0.2, 0.25) is 0 Å². The third-order valence-corrected chi connectivity index (χ3v) is 6.52. The number of rotatable bonds is 5. The quantitative estimate of drug-likeness (QED) is 0.733. The van der Waals surface area contributed by atoms with Gasteiger partial charge in [0.15, 0.2) is 9.84 Å². The van der Waals surface area contributed by atoms with E-state index in [0.717, 1.165) is 31.6 Å². The first kappa shape index (κ1) is 18.2. The van der Waals surface area contributed by atoms with Gasteiger partial charge in [0, 0.05) is 24.7 Å². The SMILES string of the molecule is CS(=O)(=O)c1ccc(CN2CCC[C@H](Cc3ccc4[nH]ncc4c3)C2)cc1. The van der Waals surface area contributed by atoms with Gasteiger partial charge >= 0.3 is 0 Å². The first-order valence-corrected chi connectivity index (χ1v) is 11.3. The van der Waals surface area contributed by atoms with Gasteiger partial charge in [-0.25, -0.2) is 8.42 Å². The van der Waals surface area contributed by atoms with E-state index in [2.05, 4.69) is 33.3 Å². The Morgan fingerprint density at radius 3 is 2.70 bits per heavy atom. The van der Waals surface area contributed by atoms with Crippen molar-refractivity contribution in [3.63, 3.8) is 0 Å². The first-order valence-electron chi connectivity index (χ1n) is 9.41. The van der Waals surface area contributed by atoms with E-state index in [9.17, 15) is 8.42 Å². The molecule has 0 saturated carbocycles. The molecule has 0 bridgehead atoms. The Bertz CT molecular complexity index is 1030. The monoisotopic (exact) mass is 383 g/mol. The number of hydrogen-bond acceptors (Lipinski definition) is 4. The summed E-state index contributed by atoms with van der Waals surface area (Å²) in [6.07, 6.45) is 6.68. The largest absolute Gasteiger partial charge is 0.299 e. The molecule has 0 aliphatic carbocycles. The summed E-state index contributed by atoms with van der Waals surface area (Å²) in [6.45, 7) is 3.06. The summed E-state index contributed by atoms with van der Waals surface area (Å²) in [5, 5.41) is 8.27. The van der Waals surface area contributed by atoms with Gasteiger partial charge in [-0.2, -0.15) is 5.10 Å². The van der Waals surface area contributed by atoms with Crippen molar-refractivity contribution in [2.75, 3.05) is 19.3 Å². The smallest absolute Gasteiger partial charge is 0.175 e. The highest BCUT2D eigenvalue weighted by Gasteiger charge is 2.20. The second kappa shape index (κ2) is 7.44. The molecule has 0 unspecified atom stereocenters. The maximum atomic E-state index is 11.6. The molecular weight excluding hydrogens is 358 g/mol. The van der Waals surface area contributed by atoms with Gasteiger partial charge in [0.1, 0.15) is 0 Å². The van der Waals surface area contributed by atoms with Crippen LogP contribution in [0.25, 0.3) is 10.9 Å². The summed E-state index contributed by atoms with van der Waals surface area (Å²) in [5.74, 6) is 0.651. The number of aromatic amines is 1. The number of sulfone groups is 1. The Morgan fingerprint density at radius 1 is 1.15 bits per heavy atom. The molecular formula is C21H25N3O2S. The molecule has 0 amide bonds. The number of hydrogen-bond donors (Lipinski definition) is 1.